The van der Waals surface area contributed by atoms with Gasteiger partial charge >= 0.3 is 0 Å². The van der Waals surface area contributed by atoms with E-state index in [0.29, 0.717) is 11.4 Å². The van der Waals surface area contributed by atoms with Crippen LogP contribution in [-0.4, -0.2) is 14.7 Å². The van der Waals surface area contributed by atoms with Crippen LogP contribution < -0.4 is 5.32 Å². The second-order valence-electron chi connectivity index (χ2n) is 4.64. The Morgan fingerprint density at radius 2 is 1.74 bits per heavy atom. The Morgan fingerprint density at radius 3 is 2.37 bits per heavy atom. The standard InChI is InChI=1S/C15H17NO2S/c1-12-6-8-13(9-7-12)11-16-14-4-3-5-15(10-14)19(2,17)18/h3-10,16H,11H2,1-2H3. The van der Waals surface area contributed by atoms with Crippen LogP contribution in [0.5, 0.6) is 0 Å². The van der Waals surface area contributed by atoms with Crippen molar-refractivity contribution in [2.75, 3.05) is 11.6 Å². The number of aryl methyl sites for hydroxylation is 1. The van der Waals surface area contributed by atoms with Crippen molar-refractivity contribution in [1.29, 1.82) is 0 Å². The van der Waals surface area contributed by atoms with Crippen LogP contribution in [0.2, 0.25) is 0 Å². The third-order valence-corrected chi connectivity index (χ3v) is 3.99. The van der Waals surface area contributed by atoms with Gasteiger partial charge in [0, 0.05) is 18.5 Å². The third-order valence-electron chi connectivity index (χ3n) is 2.88. The molecule has 2 aromatic carbocycles. The van der Waals surface area contributed by atoms with Crippen molar-refractivity contribution >= 4 is 15.5 Å². The van der Waals surface area contributed by atoms with Crippen molar-refractivity contribution < 1.29 is 8.42 Å². The molecule has 0 atom stereocenters. The summed E-state index contributed by atoms with van der Waals surface area (Å²) < 4.78 is 22.9. The lowest BCUT2D eigenvalue weighted by Crippen LogP contribution is -2.02. The van der Waals surface area contributed by atoms with Crippen LogP contribution in [0.25, 0.3) is 0 Å². The molecule has 0 aliphatic carbocycles. The Labute approximate surface area is 114 Å². The van der Waals surface area contributed by atoms with Gasteiger partial charge in [-0.15, -0.1) is 0 Å². The van der Waals surface area contributed by atoms with Gasteiger partial charge in [-0.05, 0) is 30.7 Å². The minimum atomic E-state index is -3.15. The third kappa shape index (κ3) is 3.83. The van der Waals surface area contributed by atoms with Crippen molar-refractivity contribution in [2.45, 2.75) is 18.4 Å². The molecule has 2 aromatic rings. The molecule has 3 nitrogen and oxygen atoms in total. The Bertz CT molecular complexity index is 661. The molecule has 4 heteroatoms. The number of anilines is 1. The summed E-state index contributed by atoms with van der Waals surface area (Å²) in [7, 11) is -3.15. The molecule has 0 fully saturated rings. The van der Waals surface area contributed by atoms with Crippen molar-refractivity contribution in [3.8, 4) is 0 Å². The topological polar surface area (TPSA) is 46.2 Å². The molecule has 0 aromatic heterocycles. The van der Waals surface area contributed by atoms with Crippen LogP contribution in [0.1, 0.15) is 11.1 Å². The first-order valence-corrected chi connectivity index (χ1v) is 7.94. The second-order valence-corrected chi connectivity index (χ2v) is 6.65. The first-order valence-electron chi connectivity index (χ1n) is 6.05. The van der Waals surface area contributed by atoms with E-state index in [2.05, 4.69) is 29.6 Å². The summed E-state index contributed by atoms with van der Waals surface area (Å²) in [6, 6.07) is 15.1. The number of hydrogen-bond acceptors (Lipinski definition) is 3. The van der Waals surface area contributed by atoms with E-state index in [1.807, 2.05) is 13.0 Å². The van der Waals surface area contributed by atoms with Crippen LogP contribution in [-0.2, 0) is 16.4 Å². The van der Waals surface area contributed by atoms with E-state index in [1.165, 1.54) is 11.8 Å². The van der Waals surface area contributed by atoms with Crippen LogP contribution in [0.3, 0.4) is 0 Å². The first-order chi connectivity index (χ1) is 8.95. The zero-order valence-electron chi connectivity index (χ0n) is 11.1. The highest BCUT2D eigenvalue weighted by Crippen LogP contribution is 2.16. The van der Waals surface area contributed by atoms with Crippen LogP contribution in [0.4, 0.5) is 5.69 Å². The van der Waals surface area contributed by atoms with Crippen LogP contribution in [0.15, 0.2) is 53.4 Å². The fourth-order valence-electron chi connectivity index (χ4n) is 1.75. The van der Waals surface area contributed by atoms with Gasteiger partial charge in [-0.1, -0.05) is 35.9 Å². The summed E-state index contributed by atoms with van der Waals surface area (Å²) in [5.74, 6) is 0. The number of benzene rings is 2. The number of rotatable bonds is 4. The van der Waals surface area contributed by atoms with E-state index in [0.717, 1.165) is 11.3 Å². The normalized spacial score (nSPS) is 11.3. The summed E-state index contributed by atoms with van der Waals surface area (Å²) in [5.41, 5.74) is 3.20. The smallest absolute Gasteiger partial charge is 0.175 e. The first kappa shape index (κ1) is 13.6. The minimum absolute atomic E-state index is 0.335. The summed E-state index contributed by atoms with van der Waals surface area (Å²) in [6.07, 6.45) is 1.21. The molecule has 0 unspecified atom stereocenters. The van der Waals surface area contributed by atoms with Crippen LogP contribution >= 0.6 is 0 Å². The zero-order valence-corrected chi connectivity index (χ0v) is 11.9. The molecule has 0 aliphatic rings. The molecule has 0 radical (unpaired) electrons. The molecule has 0 amide bonds. The number of hydrogen-bond donors (Lipinski definition) is 1. The fraction of sp³-hybridized carbons (Fsp3) is 0.200. The Hall–Kier alpha value is -1.81. The summed E-state index contributed by atoms with van der Waals surface area (Å²) in [5, 5.41) is 3.23. The van der Waals surface area contributed by atoms with Gasteiger partial charge in [0.2, 0.25) is 0 Å². The van der Waals surface area contributed by atoms with Crippen molar-refractivity contribution in [2.24, 2.45) is 0 Å². The highest BCUT2D eigenvalue weighted by molar-refractivity contribution is 7.90. The Balaban J connectivity index is 2.10. The van der Waals surface area contributed by atoms with Crippen molar-refractivity contribution in [1.82, 2.24) is 0 Å². The summed E-state index contributed by atoms with van der Waals surface area (Å²) >= 11 is 0. The second kappa shape index (κ2) is 5.45. The molecule has 0 saturated carbocycles. The van der Waals surface area contributed by atoms with Gasteiger partial charge in [-0.25, -0.2) is 8.42 Å². The van der Waals surface area contributed by atoms with Gasteiger partial charge in [0.1, 0.15) is 0 Å². The number of sulfone groups is 1. The minimum Gasteiger partial charge on any atom is -0.381 e. The Kier molecular flexibility index (Phi) is 3.90. The molecule has 0 aliphatic heterocycles. The predicted molar refractivity (Wildman–Crippen MR) is 78.1 cm³/mol. The monoisotopic (exact) mass is 275 g/mol. The average molecular weight is 275 g/mol. The molecule has 100 valence electrons. The summed E-state index contributed by atoms with van der Waals surface area (Å²) in [6.45, 7) is 2.72. The van der Waals surface area contributed by atoms with E-state index >= 15 is 0 Å². The van der Waals surface area contributed by atoms with Crippen molar-refractivity contribution in [3.05, 3.63) is 59.7 Å². The van der Waals surface area contributed by atoms with Gasteiger partial charge < -0.3 is 5.32 Å². The maximum Gasteiger partial charge on any atom is 0.175 e. The molecule has 1 N–H and O–H groups in total. The molecule has 19 heavy (non-hydrogen) atoms. The highest BCUT2D eigenvalue weighted by Gasteiger charge is 2.06. The Morgan fingerprint density at radius 1 is 1.05 bits per heavy atom. The van der Waals surface area contributed by atoms with E-state index in [-0.39, 0.29) is 0 Å². The van der Waals surface area contributed by atoms with Crippen LogP contribution in [0, 0.1) is 6.92 Å². The summed E-state index contributed by atoms with van der Waals surface area (Å²) in [4.78, 5) is 0.335. The molecule has 0 bridgehead atoms. The molecule has 0 saturated heterocycles. The fourth-order valence-corrected chi connectivity index (χ4v) is 2.41. The maximum absolute atomic E-state index is 11.5. The van der Waals surface area contributed by atoms with Gasteiger partial charge in [0.05, 0.1) is 4.90 Å². The van der Waals surface area contributed by atoms with Gasteiger partial charge in [-0.2, -0.15) is 0 Å². The predicted octanol–water partition coefficient (Wildman–Crippen LogP) is 3.01. The lowest BCUT2D eigenvalue weighted by molar-refractivity contribution is 0.602. The SMILES string of the molecule is Cc1ccc(CNc2cccc(S(C)(=O)=O)c2)cc1. The van der Waals surface area contributed by atoms with E-state index in [4.69, 9.17) is 0 Å². The van der Waals surface area contributed by atoms with E-state index in [1.54, 1.807) is 18.2 Å². The highest BCUT2D eigenvalue weighted by atomic mass is 32.2. The zero-order chi connectivity index (χ0) is 13.9. The molecule has 2 rings (SSSR count). The largest absolute Gasteiger partial charge is 0.381 e. The average Bonchev–Trinajstić information content (AvgIpc) is 2.37. The van der Waals surface area contributed by atoms with E-state index in [9.17, 15) is 8.42 Å². The maximum atomic E-state index is 11.5. The van der Waals surface area contributed by atoms with E-state index < -0.39 is 9.84 Å². The quantitative estimate of drug-likeness (QED) is 0.933. The number of nitrogens with one attached hydrogen (secondary N) is 1. The lowest BCUT2D eigenvalue weighted by atomic mass is 10.1. The van der Waals surface area contributed by atoms with Gasteiger partial charge in [0.15, 0.2) is 9.84 Å². The van der Waals surface area contributed by atoms with Crippen molar-refractivity contribution in [3.63, 3.8) is 0 Å². The van der Waals surface area contributed by atoms with Gasteiger partial charge in [0.25, 0.3) is 0 Å². The molecule has 0 spiro atoms. The molecule has 0 heterocycles. The van der Waals surface area contributed by atoms with Gasteiger partial charge in [-0.3, -0.25) is 0 Å². The lowest BCUT2D eigenvalue weighted by Gasteiger charge is -2.08. The molecular formula is C15H17NO2S. The molecular weight excluding hydrogens is 258 g/mol.